The largest absolute Gasteiger partial charge is 0.492 e. The first-order chi connectivity index (χ1) is 10.1. The average Bonchev–Trinajstić information content (AvgIpc) is 2.49. The third kappa shape index (κ3) is 5.67. The molecule has 0 aliphatic heterocycles. The molecule has 0 saturated heterocycles. The molecule has 21 heavy (non-hydrogen) atoms. The fourth-order valence-corrected chi connectivity index (χ4v) is 2.96. The molecule has 0 bridgehead atoms. The summed E-state index contributed by atoms with van der Waals surface area (Å²) in [4.78, 5) is 10.9. The fraction of sp³-hybridized carbons (Fsp3) is 0.562. The first-order valence-corrected chi connectivity index (χ1v) is 8.26. The lowest BCUT2D eigenvalue weighted by Crippen LogP contribution is -2.30. The van der Waals surface area contributed by atoms with E-state index in [0.29, 0.717) is 12.5 Å². The van der Waals surface area contributed by atoms with Crippen LogP contribution in [0.5, 0.6) is 5.75 Å². The third-order valence-electron chi connectivity index (χ3n) is 3.99. The zero-order chi connectivity index (χ0) is 15.1. The summed E-state index contributed by atoms with van der Waals surface area (Å²) in [7, 11) is 0. The molecule has 2 N–H and O–H groups in total. The van der Waals surface area contributed by atoms with Gasteiger partial charge in [-0.05, 0) is 62.4 Å². The van der Waals surface area contributed by atoms with Crippen molar-refractivity contribution in [1.82, 2.24) is 5.32 Å². The maximum Gasteiger partial charge on any atom is 0.306 e. The Morgan fingerprint density at radius 1 is 1.24 bits per heavy atom. The summed E-state index contributed by atoms with van der Waals surface area (Å²) >= 11 is 3.39. The molecule has 0 heterocycles. The van der Waals surface area contributed by atoms with Crippen LogP contribution in [0.4, 0.5) is 0 Å². The molecule has 2 rings (SSSR count). The van der Waals surface area contributed by atoms with Crippen LogP contribution in [0, 0.1) is 11.8 Å². The van der Waals surface area contributed by atoms with E-state index in [0.717, 1.165) is 49.0 Å². The highest BCUT2D eigenvalue weighted by molar-refractivity contribution is 9.10. The Morgan fingerprint density at radius 3 is 2.52 bits per heavy atom. The highest BCUT2D eigenvalue weighted by Crippen LogP contribution is 2.28. The predicted molar refractivity (Wildman–Crippen MR) is 85.6 cm³/mol. The second kappa shape index (κ2) is 8.39. The lowest BCUT2D eigenvalue weighted by Gasteiger charge is -2.26. The lowest BCUT2D eigenvalue weighted by atomic mass is 9.82. The molecule has 1 fully saturated rings. The van der Waals surface area contributed by atoms with Gasteiger partial charge >= 0.3 is 5.97 Å². The Kier molecular flexibility index (Phi) is 6.51. The summed E-state index contributed by atoms with van der Waals surface area (Å²) in [6.07, 6.45) is 3.66. The standard InChI is InChI=1S/C16H22BrNO3/c17-14-5-7-15(8-6-14)21-10-9-18-11-12-1-3-13(4-2-12)16(19)20/h5-8,12-13,18H,1-4,9-11H2,(H,19,20). The van der Waals surface area contributed by atoms with Crippen LogP contribution in [0.15, 0.2) is 28.7 Å². The van der Waals surface area contributed by atoms with E-state index in [9.17, 15) is 4.79 Å². The van der Waals surface area contributed by atoms with Gasteiger partial charge in [-0.2, -0.15) is 0 Å². The summed E-state index contributed by atoms with van der Waals surface area (Å²) in [5.74, 6) is 0.724. The minimum absolute atomic E-state index is 0.123. The van der Waals surface area contributed by atoms with Gasteiger partial charge in [0.2, 0.25) is 0 Å². The van der Waals surface area contributed by atoms with Gasteiger partial charge < -0.3 is 15.2 Å². The summed E-state index contributed by atoms with van der Waals surface area (Å²) in [6, 6.07) is 7.81. The summed E-state index contributed by atoms with van der Waals surface area (Å²) in [5, 5.41) is 12.4. The number of hydrogen-bond donors (Lipinski definition) is 2. The smallest absolute Gasteiger partial charge is 0.306 e. The summed E-state index contributed by atoms with van der Waals surface area (Å²) in [5.41, 5.74) is 0. The molecule has 0 radical (unpaired) electrons. The molecule has 0 atom stereocenters. The first kappa shape index (κ1) is 16.3. The van der Waals surface area contributed by atoms with E-state index in [4.69, 9.17) is 9.84 Å². The maximum absolute atomic E-state index is 10.9. The SMILES string of the molecule is O=C(O)C1CCC(CNCCOc2ccc(Br)cc2)CC1. The van der Waals surface area contributed by atoms with E-state index >= 15 is 0 Å². The first-order valence-electron chi connectivity index (χ1n) is 7.47. The highest BCUT2D eigenvalue weighted by Gasteiger charge is 2.25. The molecule has 0 spiro atoms. The number of hydrogen-bond acceptors (Lipinski definition) is 3. The van der Waals surface area contributed by atoms with Gasteiger partial charge in [0, 0.05) is 11.0 Å². The van der Waals surface area contributed by atoms with E-state index in [-0.39, 0.29) is 5.92 Å². The highest BCUT2D eigenvalue weighted by atomic mass is 79.9. The van der Waals surface area contributed by atoms with Crippen molar-refractivity contribution in [3.63, 3.8) is 0 Å². The average molecular weight is 356 g/mol. The lowest BCUT2D eigenvalue weighted by molar-refractivity contribution is -0.143. The second-order valence-electron chi connectivity index (χ2n) is 5.56. The maximum atomic E-state index is 10.9. The molecule has 116 valence electrons. The molecule has 1 aliphatic rings. The van der Waals surface area contributed by atoms with Gasteiger partial charge in [-0.1, -0.05) is 15.9 Å². The second-order valence-corrected chi connectivity index (χ2v) is 6.48. The van der Waals surface area contributed by atoms with Crippen molar-refractivity contribution < 1.29 is 14.6 Å². The molecule has 1 saturated carbocycles. The molecular formula is C16H22BrNO3. The topological polar surface area (TPSA) is 58.6 Å². The van der Waals surface area contributed by atoms with Crippen molar-refractivity contribution in [2.45, 2.75) is 25.7 Å². The normalized spacial score (nSPS) is 22.0. The van der Waals surface area contributed by atoms with Crippen molar-refractivity contribution >= 4 is 21.9 Å². The van der Waals surface area contributed by atoms with Gasteiger partial charge in [-0.25, -0.2) is 0 Å². The van der Waals surface area contributed by atoms with Crippen LogP contribution >= 0.6 is 15.9 Å². The van der Waals surface area contributed by atoms with Crippen molar-refractivity contribution in [3.05, 3.63) is 28.7 Å². The van der Waals surface area contributed by atoms with Crippen LogP contribution < -0.4 is 10.1 Å². The number of nitrogens with one attached hydrogen (secondary N) is 1. The minimum Gasteiger partial charge on any atom is -0.492 e. The number of carboxylic acids is 1. The van der Waals surface area contributed by atoms with E-state index in [1.54, 1.807) is 0 Å². The molecule has 5 heteroatoms. The zero-order valence-electron chi connectivity index (χ0n) is 12.1. The van der Waals surface area contributed by atoms with E-state index in [2.05, 4.69) is 21.2 Å². The van der Waals surface area contributed by atoms with Gasteiger partial charge in [0.15, 0.2) is 0 Å². The third-order valence-corrected chi connectivity index (χ3v) is 4.52. The number of aliphatic carboxylic acids is 1. The van der Waals surface area contributed by atoms with Gasteiger partial charge in [0.1, 0.15) is 12.4 Å². The Bertz CT molecular complexity index is 441. The van der Waals surface area contributed by atoms with Crippen molar-refractivity contribution in [3.8, 4) is 5.75 Å². The number of carbonyl (C=O) groups is 1. The molecule has 0 aromatic heterocycles. The Labute approximate surface area is 134 Å². The van der Waals surface area contributed by atoms with Gasteiger partial charge in [0.25, 0.3) is 0 Å². The Hall–Kier alpha value is -1.07. The molecule has 0 unspecified atom stereocenters. The molecule has 4 nitrogen and oxygen atoms in total. The monoisotopic (exact) mass is 355 g/mol. The number of rotatable bonds is 7. The fourth-order valence-electron chi connectivity index (χ4n) is 2.69. The predicted octanol–water partition coefficient (Wildman–Crippen LogP) is 3.31. The van der Waals surface area contributed by atoms with Crippen molar-refractivity contribution in [2.75, 3.05) is 19.7 Å². The molecule has 1 aromatic rings. The number of ether oxygens (including phenoxy) is 1. The van der Waals surface area contributed by atoms with Crippen LogP contribution in [-0.2, 0) is 4.79 Å². The van der Waals surface area contributed by atoms with Gasteiger partial charge in [0.05, 0.1) is 5.92 Å². The minimum atomic E-state index is -0.635. The number of carboxylic acid groups (broad SMARTS) is 1. The molecule has 1 aromatic carbocycles. The van der Waals surface area contributed by atoms with E-state index in [1.807, 2.05) is 24.3 Å². The molecular weight excluding hydrogens is 334 g/mol. The Morgan fingerprint density at radius 2 is 1.90 bits per heavy atom. The van der Waals surface area contributed by atoms with E-state index < -0.39 is 5.97 Å². The Balaban J connectivity index is 1.54. The van der Waals surface area contributed by atoms with Crippen LogP contribution in [0.25, 0.3) is 0 Å². The van der Waals surface area contributed by atoms with Crippen molar-refractivity contribution in [1.29, 1.82) is 0 Å². The molecule has 1 aliphatic carbocycles. The van der Waals surface area contributed by atoms with Crippen LogP contribution in [0.2, 0.25) is 0 Å². The van der Waals surface area contributed by atoms with Crippen LogP contribution in [-0.4, -0.2) is 30.8 Å². The van der Waals surface area contributed by atoms with Crippen LogP contribution in [0.3, 0.4) is 0 Å². The van der Waals surface area contributed by atoms with Crippen LogP contribution in [0.1, 0.15) is 25.7 Å². The molecule has 0 amide bonds. The number of halogens is 1. The van der Waals surface area contributed by atoms with E-state index in [1.165, 1.54) is 0 Å². The zero-order valence-corrected chi connectivity index (χ0v) is 13.6. The summed E-state index contributed by atoms with van der Waals surface area (Å²) < 4.78 is 6.68. The number of benzene rings is 1. The quantitative estimate of drug-likeness (QED) is 0.736. The summed E-state index contributed by atoms with van der Waals surface area (Å²) in [6.45, 7) is 2.41. The van der Waals surface area contributed by atoms with Gasteiger partial charge in [-0.15, -0.1) is 0 Å². The van der Waals surface area contributed by atoms with Crippen molar-refractivity contribution in [2.24, 2.45) is 11.8 Å². The van der Waals surface area contributed by atoms with Gasteiger partial charge in [-0.3, -0.25) is 4.79 Å².